The molecule has 1 aliphatic carbocycles. The van der Waals surface area contributed by atoms with Crippen LogP contribution in [0.3, 0.4) is 0 Å². The van der Waals surface area contributed by atoms with Crippen LogP contribution in [0.2, 0.25) is 0 Å². The van der Waals surface area contributed by atoms with Crippen molar-refractivity contribution in [3.05, 3.63) is 52.5 Å². The van der Waals surface area contributed by atoms with Crippen LogP contribution >= 0.6 is 15.9 Å². The van der Waals surface area contributed by atoms with Crippen molar-refractivity contribution in [1.82, 2.24) is 4.31 Å². The highest BCUT2D eigenvalue weighted by molar-refractivity contribution is 9.10. The molecule has 8 heteroatoms. The van der Waals surface area contributed by atoms with Crippen LogP contribution in [0.5, 0.6) is 5.75 Å². The molecule has 1 fully saturated rings. The molecule has 180 valence electrons. The van der Waals surface area contributed by atoms with Crippen LogP contribution in [-0.2, 0) is 14.8 Å². The van der Waals surface area contributed by atoms with E-state index in [1.807, 2.05) is 18.2 Å². The lowest BCUT2D eigenvalue weighted by atomic mass is 9.96. The van der Waals surface area contributed by atoms with Crippen LogP contribution < -0.4 is 10.1 Å². The lowest BCUT2D eigenvalue weighted by Crippen LogP contribution is -2.38. The van der Waals surface area contributed by atoms with Gasteiger partial charge in [-0.1, -0.05) is 39.2 Å². The van der Waals surface area contributed by atoms with Gasteiger partial charge in [-0.25, -0.2) is 8.42 Å². The monoisotopic (exact) mass is 536 g/mol. The highest BCUT2D eigenvalue weighted by atomic mass is 79.9. The third-order valence-corrected chi connectivity index (χ3v) is 8.94. The summed E-state index contributed by atoms with van der Waals surface area (Å²) in [6.07, 6.45) is 6.15. The number of nitrogens with one attached hydrogen (secondary N) is 1. The molecular weight excluding hydrogens is 504 g/mol. The molecule has 1 amide bonds. The molecule has 0 heterocycles. The number of benzene rings is 2. The molecule has 0 spiro atoms. The van der Waals surface area contributed by atoms with E-state index in [4.69, 9.17) is 4.74 Å². The Morgan fingerprint density at radius 2 is 1.82 bits per heavy atom. The molecule has 1 aliphatic rings. The Hall–Kier alpha value is -1.90. The Morgan fingerprint density at radius 1 is 1.15 bits per heavy atom. The van der Waals surface area contributed by atoms with E-state index in [1.165, 1.54) is 28.4 Å². The minimum atomic E-state index is -3.56. The second-order valence-electron chi connectivity index (χ2n) is 8.67. The summed E-state index contributed by atoms with van der Waals surface area (Å²) in [6.45, 7) is 4.16. The standard InChI is InChI=1S/C25H33BrN2O4S/c1-4-18(2)19-10-15-24(23(26)16-19)32-17-25(29)27-20-11-13-22(14-12-20)33(30,31)28(3)21-8-6-5-7-9-21/h10-16,18,21H,4-9,17H2,1-3H3,(H,27,29). The van der Waals surface area contributed by atoms with Gasteiger partial charge in [-0.15, -0.1) is 0 Å². The van der Waals surface area contributed by atoms with E-state index in [0.29, 0.717) is 17.4 Å². The molecule has 1 saturated carbocycles. The van der Waals surface area contributed by atoms with Gasteiger partial charge in [0.05, 0.1) is 9.37 Å². The first-order chi connectivity index (χ1) is 15.7. The molecule has 33 heavy (non-hydrogen) atoms. The van der Waals surface area contributed by atoms with Gasteiger partial charge in [0.1, 0.15) is 5.75 Å². The number of hydrogen-bond donors (Lipinski definition) is 1. The number of amides is 1. The Morgan fingerprint density at radius 3 is 2.42 bits per heavy atom. The number of rotatable bonds is 9. The first kappa shape index (κ1) is 25.7. The molecular formula is C25H33BrN2O4S. The summed E-state index contributed by atoms with van der Waals surface area (Å²) in [5, 5.41) is 2.75. The lowest BCUT2D eigenvalue weighted by Gasteiger charge is -2.30. The number of halogens is 1. The lowest BCUT2D eigenvalue weighted by molar-refractivity contribution is -0.118. The summed E-state index contributed by atoms with van der Waals surface area (Å²) in [7, 11) is -1.90. The number of ether oxygens (including phenoxy) is 1. The Bertz CT molecular complexity index is 1050. The quantitative estimate of drug-likeness (QED) is 0.430. The molecule has 1 atom stereocenters. The fourth-order valence-electron chi connectivity index (χ4n) is 4.03. The van der Waals surface area contributed by atoms with Crippen LogP contribution in [0.25, 0.3) is 0 Å². The molecule has 1 N–H and O–H groups in total. The van der Waals surface area contributed by atoms with Crippen molar-refractivity contribution in [1.29, 1.82) is 0 Å². The van der Waals surface area contributed by atoms with Gasteiger partial charge in [0.25, 0.3) is 5.91 Å². The van der Waals surface area contributed by atoms with Crippen molar-refractivity contribution in [3.8, 4) is 5.75 Å². The normalized spacial score (nSPS) is 15.9. The number of carbonyl (C=O) groups is 1. The third kappa shape index (κ3) is 6.58. The second-order valence-corrected chi connectivity index (χ2v) is 11.5. The van der Waals surface area contributed by atoms with Crippen molar-refractivity contribution in [2.75, 3.05) is 19.0 Å². The minimum absolute atomic E-state index is 0.0545. The molecule has 3 rings (SSSR count). The van der Waals surface area contributed by atoms with Crippen LogP contribution in [-0.4, -0.2) is 38.3 Å². The van der Waals surface area contributed by atoms with E-state index >= 15 is 0 Å². The zero-order valence-corrected chi connectivity index (χ0v) is 21.9. The summed E-state index contributed by atoms with van der Waals surface area (Å²) in [6, 6.07) is 12.2. The van der Waals surface area contributed by atoms with Crippen molar-refractivity contribution < 1.29 is 17.9 Å². The minimum Gasteiger partial charge on any atom is -0.483 e. The number of anilines is 1. The molecule has 2 aromatic rings. The molecule has 0 saturated heterocycles. The summed E-state index contributed by atoms with van der Waals surface area (Å²) in [4.78, 5) is 12.6. The number of hydrogen-bond acceptors (Lipinski definition) is 4. The Kier molecular flexibility index (Phi) is 8.95. The summed E-state index contributed by atoms with van der Waals surface area (Å²) in [5.41, 5.74) is 1.74. The second kappa shape index (κ2) is 11.5. The van der Waals surface area contributed by atoms with Gasteiger partial charge in [-0.05, 0) is 83.1 Å². The van der Waals surface area contributed by atoms with E-state index in [2.05, 4.69) is 35.1 Å². The van der Waals surface area contributed by atoms with Crippen molar-refractivity contribution in [3.63, 3.8) is 0 Å². The highest BCUT2D eigenvalue weighted by Gasteiger charge is 2.28. The van der Waals surface area contributed by atoms with Crippen molar-refractivity contribution in [2.45, 2.75) is 69.2 Å². The maximum atomic E-state index is 13.0. The number of nitrogens with zero attached hydrogens (tertiary/aromatic N) is 1. The Balaban J connectivity index is 1.57. The molecule has 0 radical (unpaired) electrons. The first-order valence-electron chi connectivity index (χ1n) is 11.5. The smallest absolute Gasteiger partial charge is 0.262 e. The van der Waals surface area contributed by atoms with Gasteiger partial charge >= 0.3 is 0 Å². The van der Waals surface area contributed by atoms with Crippen LogP contribution in [0.4, 0.5) is 5.69 Å². The third-order valence-electron chi connectivity index (χ3n) is 6.40. The van der Waals surface area contributed by atoms with E-state index in [0.717, 1.165) is 36.6 Å². The van der Waals surface area contributed by atoms with Gasteiger partial charge in [-0.2, -0.15) is 4.31 Å². The van der Waals surface area contributed by atoms with Gasteiger partial charge in [-0.3, -0.25) is 4.79 Å². The zero-order valence-electron chi connectivity index (χ0n) is 19.5. The predicted molar refractivity (Wildman–Crippen MR) is 135 cm³/mol. The van der Waals surface area contributed by atoms with Crippen LogP contribution in [0.1, 0.15) is 63.9 Å². The fraction of sp³-hybridized carbons (Fsp3) is 0.480. The largest absolute Gasteiger partial charge is 0.483 e. The summed E-state index contributed by atoms with van der Waals surface area (Å²) in [5.74, 6) is 0.736. The molecule has 2 aromatic carbocycles. The summed E-state index contributed by atoms with van der Waals surface area (Å²) < 4.78 is 33.9. The average Bonchev–Trinajstić information content (AvgIpc) is 2.83. The number of sulfonamides is 1. The van der Waals surface area contributed by atoms with E-state index in [1.54, 1.807) is 19.2 Å². The van der Waals surface area contributed by atoms with Gasteiger partial charge in [0.2, 0.25) is 10.0 Å². The first-order valence-corrected chi connectivity index (χ1v) is 13.8. The predicted octanol–water partition coefficient (Wildman–Crippen LogP) is 5.93. The highest BCUT2D eigenvalue weighted by Crippen LogP contribution is 2.30. The molecule has 6 nitrogen and oxygen atoms in total. The molecule has 0 aromatic heterocycles. The van der Waals surface area contributed by atoms with Crippen LogP contribution in [0.15, 0.2) is 51.8 Å². The van der Waals surface area contributed by atoms with Crippen LogP contribution in [0, 0.1) is 0 Å². The van der Waals surface area contributed by atoms with Gasteiger partial charge in [0.15, 0.2) is 6.61 Å². The van der Waals surface area contributed by atoms with Crippen molar-refractivity contribution >= 4 is 37.5 Å². The van der Waals surface area contributed by atoms with E-state index in [-0.39, 0.29) is 23.5 Å². The topological polar surface area (TPSA) is 75.7 Å². The molecule has 0 bridgehead atoms. The molecule has 1 unspecified atom stereocenters. The van der Waals surface area contributed by atoms with Gasteiger partial charge < -0.3 is 10.1 Å². The number of carbonyl (C=O) groups excluding carboxylic acids is 1. The Labute approximate surface area is 205 Å². The zero-order chi connectivity index (χ0) is 24.0. The molecule has 0 aliphatic heterocycles. The van der Waals surface area contributed by atoms with Crippen molar-refractivity contribution in [2.24, 2.45) is 0 Å². The van der Waals surface area contributed by atoms with Gasteiger partial charge in [0, 0.05) is 18.8 Å². The maximum Gasteiger partial charge on any atom is 0.262 e. The average molecular weight is 538 g/mol. The SMILES string of the molecule is CCC(C)c1ccc(OCC(=O)Nc2ccc(S(=O)(=O)N(C)C3CCCCC3)cc2)c(Br)c1. The van der Waals surface area contributed by atoms with E-state index in [9.17, 15) is 13.2 Å². The van der Waals surface area contributed by atoms with E-state index < -0.39 is 10.0 Å². The fourth-order valence-corrected chi connectivity index (χ4v) is 5.96. The summed E-state index contributed by atoms with van der Waals surface area (Å²) >= 11 is 3.51. The maximum absolute atomic E-state index is 13.0.